The maximum Gasteiger partial charge on any atom is 0.251 e. The second-order valence-electron chi connectivity index (χ2n) is 5.77. The zero-order valence-electron chi connectivity index (χ0n) is 13.3. The van der Waals surface area contributed by atoms with Gasteiger partial charge < -0.3 is 15.4 Å². The lowest BCUT2D eigenvalue weighted by molar-refractivity contribution is 0.0128. The van der Waals surface area contributed by atoms with Gasteiger partial charge in [0.25, 0.3) is 5.91 Å². The van der Waals surface area contributed by atoms with E-state index in [1.165, 1.54) is 0 Å². The Morgan fingerprint density at radius 1 is 1.40 bits per heavy atom. The van der Waals surface area contributed by atoms with Gasteiger partial charge >= 0.3 is 0 Å². The summed E-state index contributed by atoms with van der Waals surface area (Å²) in [6.45, 7) is 8.21. The van der Waals surface area contributed by atoms with Crippen LogP contribution in [0.3, 0.4) is 0 Å². The maximum atomic E-state index is 11.8. The van der Waals surface area contributed by atoms with Gasteiger partial charge in [0.2, 0.25) is 0 Å². The largest absolute Gasteiger partial charge is 0.382 e. The van der Waals surface area contributed by atoms with Crippen LogP contribution in [0.1, 0.15) is 43.1 Å². The van der Waals surface area contributed by atoms with Crippen LogP contribution >= 0.6 is 0 Å². The van der Waals surface area contributed by atoms with Crippen molar-refractivity contribution in [1.82, 2.24) is 5.32 Å². The highest BCUT2D eigenvalue weighted by atomic mass is 16.5. The number of carbonyl (C=O) groups excluding carboxylic acids is 1. The molecule has 112 valence electrons. The fourth-order valence-corrected chi connectivity index (χ4v) is 2.31. The van der Waals surface area contributed by atoms with Crippen molar-refractivity contribution in [3.8, 4) is 0 Å². The predicted molar refractivity (Wildman–Crippen MR) is 83.4 cm³/mol. The van der Waals surface area contributed by atoms with E-state index in [0.29, 0.717) is 5.56 Å². The van der Waals surface area contributed by atoms with Gasteiger partial charge in [-0.15, -0.1) is 0 Å². The fourth-order valence-electron chi connectivity index (χ4n) is 2.31. The number of hydrogen-bond acceptors (Lipinski definition) is 3. The van der Waals surface area contributed by atoms with Gasteiger partial charge in [-0.1, -0.05) is 6.07 Å². The molecule has 0 heterocycles. The quantitative estimate of drug-likeness (QED) is 0.841. The summed E-state index contributed by atoms with van der Waals surface area (Å²) >= 11 is 0. The normalized spacial score (nSPS) is 12.9. The number of hydrogen-bond donors (Lipinski definition) is 2. The van der Waals surface area contributed by atoms with Crippen LogP contribution in [0.4, 0.5) is 5.69 Å². The van der Waals surface area contributed by atoms with Crippen molar-refractivity contribution in [1.29, 1.82) is 0 Å². The van der Waals surface area contributed by atoms with Crippen molar-refractivity contribution in [2.24, 2.45) is 0 Å². The molecule has 1 unspecified atom stereocenters. The Labute approximate surface area is 121 Å². The first-order chi connectivity index (χ1) is 9.30. The predicted octanol–water partition coefficient (Wildman–Crippen LogP) is 2.97. The molecule has 1 aromatic rings. The molecule has 0 aliphatic carbocycles. The third kappa shape index (κ3) is 4.23. The molecule has 0 bridgehead atoms. The molecule has 1 amide bonds. The minimum Gasteiger partial charge on any atom is -0.382 e. The molecule has 0 fully saturated rings. The molecule has 0 aromatic heterocycles. The first kappa shape index (κ1) is 16.5. The lowest BCUT2D eigenvalue weighted by atomic mass is 9.99. The van der Waals surface area contributed by atoms with E-state index in [1.807, 2.05) is 25.1 Å². The number of carbonyl (C=O) groups is 1. The highest BCUT2D eigenvalue weighted by Crippen LogP contribution is 2.23. The Morgan fingerprint density at radius 3 is 2.60 bits per heavy atom. The van der Waals surface area contributed by atoms with Crippen molar-refractivity contribution in [3.05, 3.63) is 29.3 Å². The molecule has 1 rings (SSSR count). The summed E-state index contributed by atoms with van der Waals surface area (Å²) in [4.78, 5) is 11.8. The molecule has 1 aromatic carbocycles. The van der Waals surface area contributed by atoms with Crippen molar-refractivity contribution < 1.29 is 9.53 Å². The third-order valence-corrected chi connectivity index (χ3v) is 3.56. The van der Waals surface area contributed by atoms with Crippen molar-refractivity contribution in [3.63, 3.8) is 0 Å². The van der Waals surface area contributed by atoms with Crippen LogP contribution in [0.15, 0.2) is 18.2 Å². The van der Waals surface area contributed by atoms with E-state index in [4.69, 9.17) is 4.74 Å². The number of benzene rings is 1. The molecule has 2 N–H and O–H groups in total. The second kappa shape index (κ2) is 6.75. The molecule has 4 heteroatoms. The Kier molecular flexibility index (Phi) is 5.57. The highest BCUT2D eigenvalue weighted by molar-refractivity contribution is 5.96. The van der Waals surface area contributed by atoms with Crippen molar-refractivity contribution in [2.45, 2.75) is 45.8 Å². The van der Waals surface area contributed by atoms with Gasteiger partial charge in [0.15, 0.2) is 0 Å². The molecular weight excluding hydrogens is 252 g/mol. The first-order valence-electron chi connectivity index (χ1n) is 6.94. The van der Waals surface area contributed by atoms with Gasteiger partial charge in [0, 0.05) is 31.5 Å². The lowest BCUT2D eigenvalue weighted by Crippen LogP contribution is -2.31. The summed E-state index contributed by atoms with van der Waals surface area (Å²) in [5, 5.41) is 6.12. The number of amides is 1. The van der Waals surface area contributed by atoms with Crippen molar-refractivity contribution in [2.75, 3.05) is 19.5 Å². The van der Waals surface area contributed by atoms with Gasteiger partial charge in [0.05, 0.1) is 5.60 Å². The van der Waals surface area contributed by atoms with E-state index in [0.717, 1.165) is 17.7 Å². The highest BCUT2D eigenvalue weighted by Gasteiger charge is 2.20. The minimum absolute atomic E-state index is 0.0592. The average molecular weight is 278 g/mol. The van der Waals surface area contributed by atoms with Crippen LogP contribution in [-0.4, -0.2) is 31.7 Å². The molecule has 0 aliphatic rings. The molecule has 0 aliphatic heterocycles. The van der Waals surface area contributed by atoms with Crippen LogP contribution in [0.5, 0.6) is 0 Å². The van der Waals surface area contributed by atoms with E-state index in [-0.39, 0.29) is 17.6 Å². The number of anilines is 1. The monoisotopic (exact) mass is 278 g/mol. The van der Waals surface area contributed by atoms with E-state index < -0.39 is 0 Å². The summed E-state index contributed by atoms with van der Waals surface area (Å²) in [6, 6.07) is 5.98. The lowest BCUT2D eigenvalue weighted by Gasteiger charge is -2.28. The summed E-state index contributed by atoms with van der Waals surface area (Å²) in [7, 11) is 3.37. The zero-order valence-corrected chi connectivity index (χ0v) is 13.3. The molecule has 0 saturated carbocycles. The Morgan fingerprint density at radius 2 is 2.05 bits per heavy atom. The van der Waals surface area contributed by atoms with Crippen LogP contribution in [-0.2, 0) is 4.74 Å². The Balaban J connectivity index is 2.85. The molecule has 0 radical (unpaired) electrons. The van der Waals surface area contributed by atoms with Crippen molar-refractivity contribution >= 4 is 11.6 Å². The number of rotatable bonds is 6. The third-order valence-electron chi connectivity index (χ3n) is 3.56. The Hall–Kier alpha value is -1.55. The number of methoxy groups -OCH3 is 1. The fraction of sp³-hybridized carbons (Fsp3) is 0.562. The smallest absolute Gasteiger partial charge is 0.251 e. The molecular formula is C16H26N2O2. The first-order valence-corrected chi connectivity index (χ1v) is 6.94. The van der Waals surface area contributed by atoms with Gasteiger partial charge in [0.1, 0.15) is 0 Å². The summed E-state index contributed by atoms with van der Waals surface area (Å²) in [5.74, 6) is -0.0592. The Bertz CT molecular complexity index is 470. The summed E-state index contributed by atoms with van der Waals surface area (Å²) < 4.78 is 5.45. The van der Waals surface area contributed by atoms with E-state index in [9.17, 15) is 4.79 Å². The zero-order chi connectivity index (χ0) is 15.3. The topological polar surface area (TPSA) is 50.4 Å². The van der Waals surface area contributed by atoms with Crippen LogP contribution < -0.4 is 10.6 Å². The molecule has 20 heavy (non-hydrogen) atoms. The number of nitrogens with one attached hydrogen (secondary N) is 2. The summed E-state index contributed by atoms with van der Waals surface area (Å²) in [5.41, 5.74) is 2.49. The van der Waals surface area contributed by atoms with Crippen LogP contribution in [0.2, 0.25) is 0 Å². The van der Waals surface area contributed by atoms with Gasteiger partial charge in [-0.05, 0) is 51.8 Å². The van der Waals surface area contributed by atoms with E-state index in [1.54, 1.807) is 14.2 Å². The van der Waals surface area contributed by atoms with E-state index >= 15 is 0 Å². The van der Waals surface area contributed by atoms with Gasteiger partial charge in [-0.25, -0.2) is 0 Å². The standard InChI is InChI=1S/C16H26N2O2/c1-11(10-16(3,4)20-6)18-14-9-7-8-13(12(14)2)15(19)17-5/h7-9,11,18H,10H2,1-6H3,(H,17,19). The minimum atomic E-state index is -0.168. The van der Waals surface area contributed by atoms with Crippen LogP contribution in [0.25, 0.3) is 0 Å². The van der Waals surface area contributed by atoms with Crippen LogP contribution in [0, 0.1) is 6.92 Å². The second-order valence-corrected chi connectivity index (χ2v) is 5.77. The van der Waals surface area contributed by atoms with Gasteiger partial charge in [-0.3, -0.25) is 4.79 Å². The summed E-state index contributed by atoms with van der Waals surface area (Å²) in [6.07, 6.45) is 0.882. The molecule has 0 saturated heterocycles. The van der Waals surface area contributed by atoms with Gasteiger partial charge in [-0.2, -0.15) is 0 Å². The molecule has 4 nitrogen and oxygen atoms in total. The molecule has 1 atom stereocenters. The average Bonchev–Trinajstić information content (AvgIpc) is 2.39. The number of ether oxygens (including phenoxy) is 1. The SMILES string of the molecule is CNC(=O)c1cccc(NC(C)CC(C)(C)OC)c1C. The maximum absolute atomic E-state index is 11.8. The molecule has 0 spiro atoms. The van der Waals surface area contributed by atoms with E-state index in [2.05, 4.69) is 31.4 Å².